The van der Waals surface area contributed by atoms with E-state index in [9.17, 15) is 0 Å². The first-order chi connectivity index (χ1) is 4.63. The predicted molar refractivity (Wildman–Crippen MR) is 47.0 cm³/mol. The van der Waals surface area contributed by atoms with Gasteiger partial charge in [0.25, 0.3) is 0 Å². The van der Waals surface area contributed by atoms with E-state index in [1.54, 1.807) is 0 Å². The Labute approximate surface area is 79.9 Å². The highest BCUT2D eigenvalue weighted by Crippen LogP contribution is 2.22. The Kier molecular flexibility index (Phi) is 5.38. The van der Waals surface area contributed by atoms with Crippen LogP contribution >= 0.6 is 46.4 Å². The fraction of sp³-hybridized carbons (Fsp3) is 1.00. The SMILES string of the molecule is NNC(CCl)(CCl)C(Cl)Cl. The highest BCUT2D eigenvalue weighted by molar-refractivity contribution is 6.46. The summed E-state index contributed by atoms with van der Waals surface area (Å²) >= 11 is 22.2. The maximum Gasteiger partial charge on any atom is 0.129 e. The van der Waals surface area contributed by atoms with Crippen molar-refractivity contribution in [1.82, 2.24) is 5.43 Å². The summed E-state index contributed by atoms with van der Waals surface area (Å²) in [5, 5.41) is 0. The van der Waals surface area contributed by atoms with Gasteiger partial charge >= 0.3 is 0 Å². The van der Waals surface area contributed by atoms with Crippen LogP contribution in [-0.4, -0.2) is 22.1 Å². The Morgan fingerprint density at radius 1 is 1.30 bits per heavy atom. The van der Waals surface area contributed by atoms with Crippen LogP contribution in [0.3, 0.4) is 0 Å². The molecule has 0 spiro atoms. The molecule has 0 bridgehead atoms. The minimum atomic E-state index is -0.785. The first-order valence-corrected chi connectivity index (χ1v) is 4.45. The predicted octanol–water partition coefficient (Wildman–Crippen LogP) is 1.47. The summed E-state index contributed by atoms with van der Waals surface area (Å²) in [6, 6.07) is 0. The second-order valence-electron chi connectivity index (χ2n) is 1.87. The quantitative estimate of drug-likeness (QED) is 0.432. The molecule has 0 aliphatic carbocycles. The Morgan fingerprint density at radius 2 is 1.70 bits per heavy atom. The van der Waals surface area contributed by atoms with E-state index in [1.165, 1.54) is 0 Å². The van der Waals surface area contributed by atoms with Gasteiger partial charge in [-0.15, -0.1) is 46.4 Å². The summed E-state index contributed by atoms with van der Waals surface area (Å²) in [5.41, 5.74) is 1.60. The van der Waals surface area contributed by atoms with E-state index >= 15 is 0 Å². The van der Waals surface area contributed by atoms with Crippen LogP contribution in [0.25, 0.3) is 0 Å². The molecule has 6 heteroatoms. The maximum atomic E-state index is 5.55. The smallest absolute Gasteiger partial charge is 0.129 e. The van der Waals surface area contributed by atoms with E-state index < -0.39 is 10.4 Å². The minimum absolute atomic E-state index is 0.171. The van der Waals surface area contributed by atoms with E-state index in [0.29, 0.717) is 0 Å². The van der Waals surface area contributed by atoms with Crippen LogP contribution in [0.1, 0.15) is 0 Å². The van der Waals surface area contributed by atoms with Gasteiger partial charge < -0.3 is 0 Å². The van der Waals surface area contributed by atoms with Crippen LogP contribution in [-0.2, 0) is 0 Å². The molecule has 0 unspecified atom stereocenters. The lowest BCUT2D eigenvalue weighted by atomic mass is 10.1. The number of nitrogens with one attached hydrogen (secondary N) is 1. The molecular formula is C4H8Cl4N2. The molecule has 2 nitrogen and oxygen atoms in total. The molecule has 0 amide bonds. The lowest BCUT2D eigenvalue weighted by Gasteiger charge is -2.29. The zero-order chi connectivity index (χ0) is 8.20. The highest BCUT2D eigenvalue weighted by atomic mass is 35.5. The lowest BCUT2D eigenvalue weighted by molar-refractivity contribution is 0.436. The molecule has 0 saturated carbocycles. The van der Waals surface area contributed by atoms with Crippen molar-refractivity contribution in [2.75, 3.05) is 11.8 Å². The summed E-state index contributed by atoms with van der Waals surface area (Å²) in [6.07, 6.45) is 0. The summed E-state index contributed by atoms with van der Waals surface area (Å²) in [5.74, 6) is 5.48. The van der Waals surface area contributed by atoms with Gasteiger partial charge in [0.05, 0.1) is 5.54 Å². The zero-order valence-electron chi connectivity index (χ0n) is 5.08. The third kappa shape index (κ3) is 2.29. The van der Waals surface area contributed by atoms with Crippen LogP contribution < -0.4 is 11.3 Å². The van der Waals surface area contributed by atoms with Crippen molar-refractivity contribution in [2.45, 2.75) is 10.4 Å². The maximum absolute atomic E-state index is 5.55. The van der Waals surface area contributed by atoms with Gasteiger partial charge in [0.15, 0.2) is 0 Å². The summed E-state index contributed by atoms with van der Waals surface area (Å²) in [7, 11) is 0. The van der Waals surface area contributed by atoms with Crippen molar-refractivity contribution in [2.24, 2.45) is 5.84 Å². The lowest BCUT2D eigenvalue weighted by Crippen LogP contribution is -2.57. The third-order valence-corrected chi connectivity index (χ3v) is 2.97. The molecule has 0 aromatic heterocycles. The van der Waals surface area contributed by atoms with Crippen molar-refractivity contribution in [3.63, 3.8) is 0 Å². The summed E-state index contributed by atoms with van der Waals surface area (Å²) < 4.78 is 0. The van der Waals surface area contributed by atoms with Crippen molar-refractivity contribution in [1.29, 1.82) is 0 Å². The summed E-state index contributed by atoms with van der Waals surface area (Å²) in [4.78, 5) is -0.715. The number of hydrogen-bond acceptors (Lipinski definition) is 2. The molecule has 0 aromatic carbocycles. The van der Waals surface area contributed by atoms with E-state index in [0.717, 1.165) is 0 Å². The Balaban J connectivity index is 4.15. The minimum Gasteiger partial charge on any atom is -0.271 e. The average molecular weight is 226 g/mol. The number of hydrazine groups is 1. The number of nitrogens with two attached hydrogens (primary N) is 1. The topological polar surface area (TPSA) is 38.0 Å². The second kappa shape index (κ2) is 4.86. The van der Waals surface area contributed by atoms with Gasteiger partial charge in [-0.2, -0.15) is 0 Å². The third-order valence-electron chi connectivity index (χ3n) is 1.18. The van der Waals surface area contributed by atoms with Crippen molar-refractivity contribution in [3.8, 4) is 0 Å². The summed E-state index contributed by atoms with van der Waals surface area (Å²) in [6.45, 7) is 0. The van der Waals surface area contributed by atoms with Gasteiger partial charge in [-0.25, -0.2) is 5.43 Å². The van der Waals surface area contributed by atoms with E-state index in [4.69, 9.17) is 52.2 Å². The van der Waals surface area contributed by atoms with Gasteiger partial charge in [0.2, 0.25) is 0 Å². The van der Waals surface area contributed by atoms with Gasteiger partial charge in [-0.3, -0.25) is 5.84 Å². The van der Waals surface area contributed by atoms with Crippen LogP contribution in [0.15, 0.2) is 0 Å². The molecule has 0 rings (SSSR count). The number of rotatable bonds is 4. The normalized spacial score (nSPS) is 12.6. The van der Waals surface area contributed by atoms with Gasteiger partial charge in [0.1, 0.15) is 4.84 Å². The molecule has 3 N–H and O–H groups in total. The molecular weight excluding hydrogens is 218 g/mol. The zero-order valence-corrected chi connectivity index (χ0v) is 8.10. The monoisotopic (exact) mass is 224 g/mol. The number of alkyl halides is 4. The fourth-order valence-electron chi connectivity index (χ4n) is 0.293. The Hall–Kier alpha value is 1.08. The Morgan fingerprint density at radius 3 is 1.70 bits per heavy atom. The van der Waals surface area contributed by atoms with Crippen LogP contribution in [0.4, 0.5) is 0 Å². The van der Waals surface area contributed by atoms with E-state index in [2.05, 4.69) is 5.43 Å². The van der Waals surface area contributed by atoms with Crippen LogP contribution in [0, 0.1) is 0 Å². The molecule has 0 aliphatic heterocycles. The van der Waals surface area contributed by atoms with Crippen molar-refractivity contribution < 1.29 is 0 Å². The van der Waals surface area contributed by atoms with Crippen molar-refractivity contribution >= 4 is 46.4 Å². The number of halogens is 4. The van der Waals surface area contributed by atoms with Crippen LogP contribution in [0.5, 0.6) is 0 Å². The highest BCUT2D eigenvalue weighted by Gasteiger charge is 2.34. The first-order valence-electron chi connectivity index (χ1n) is 2.51. The standard InChI is InChI=1S/C4H8Cl4N2/c5-1-4(2-6,10-9)3(7)8/h3,10H,1-2,9H2. The molecule has 0 aromatic rings. The molecule has 0 saturated heterocycles. The largest absolute Gasteiger partial charge is 0.271 e. The molecule has 0 aliphatic rings. The van der Waals surface area contributed by atoms with Crippen molar-refractivity contribution in [3.05, 3.63) is 0 Å². The first kappa shape index (κ1) is 11.1. The van der Waals surface area contributed by atoms with Crippen LogP contribution in [0.2, 0.25) is 0 Å². The fourth-order valence-corrected chi connectivity index (χ4v) is 1.79. The molecule has 0 radical (unpaired) electrons. The molecule has 62 valence electrons. The second-order valence-corrected chi connectivity index (χ2v) is 3.50. The molecule has 0 heterocycles. The molecule has 0 atom stereocenters. The van der Waals surface area contributed by atoms with E-state index in [1.807, 2.05) is 0 Å². The van der Waals surface area contributed by atoms with Gasteiger partial charge in [-0.1, -0.05) is 0 Å². The van der Waals surface area contributed by atoms with Gasteiger partial charge in [0, 0.05) is 11.8 Å². The Bertz CT molecular complexity index is 85.0. The average Bonchev–Trinajstić information content (AvgIpc) is 1.92. The van der Waals surface area contributed by atoms with E-state index in [-0.39, 0.29) is 11.8 Å². The molecule has 10 heavy (non-hydrogen) atoms. The van der Waals surface area contributed by atoms with Gasteiger partial charge in [-0.05, 0) is 0 Å². The number of hydrogen-bond donors (Lipinski definition) is 2. The molecule has 0 fully saturated rings.